The second-order valence-electron chi connectivity index (χ2n) is 7.12. The Morgan fingerprint density at radius 2 is 1.90 bits per heavy atom. The van der Waals surface area contributed by atoms with E-state index < -0.39 is 0 Å². The predicted molar refractivity (Wildman–Crippen MR) is 76.5 cm³/mol. The molecular formula is C16H28O4. The van der Waals surface area contributed by atoms with Crippen molar-refractivity contribution in [2.24, 2.45) is 5.92 Å². The van der Waals surface area contributed by atoms with Crippen LogP contribution in [-0.2, 0) is 19.0 Å². The lowest BCUT2D eigenvalue weighted by molar-refractivity contribution is -0.142. The van der Waals surface area contributed by atoms with Crippen LogP contribution in [0.5, 0.6) is 0 Å². The summed E-state index contributed by atoms with van der Waals surface area (Å²) in [7, 11) is 1.41. The molecule has 0 saturated carbocycles. The van der Waals surface area contributed by atoms with Gasteiger partial charge in [0.2, 0.25) is 0 Å². The lowest BCUT2D eigenvalue weighted by Crippen LogP contribution is -2.19. The molecule has 20 heavy (non-hydrogen) atoms. The molecule has 0 aliphatic carbocycles. The van der Waals surface area contributed by atoms with Crippen molar-refractivity contribution in [3.05, 3.63) is 0 Å². The highest BCUT2D eigenvalue weighted by Gasteiger charge is 2.57. The van der Waals surface area contributed by atoms with E-state index in [0.29, 0.717) is 12.0 Å². The van der Waals surface area contributed by atoms with E-state index in [4.69, 9.17) is 14.2 Å². The molecule has 4 heteroatoms. The van der Waals surface area contributed by atoms with Crippen molar-refractivity contribution in [1.29, 1.82) is 0 Å². The molecule has 2 fully saturated rings. The fraction of sp³-hybridized carbons (Fsp3) is 0.938. The summed E-state index contributed by atoms with van der Waals surface area (Å²) in [5.74, 6) is 0.461. The maximum atomic E-state index is 11.4. The average molecular weight is 284 g/mol. The van der Waals surface area contributed by atoms with Gasteiger partial charge in [0.25, 0.3) is 0 Å². The normalized spacial score (nSPS) is 35.5. The fourth-order valence-corrected chi connectivity index (χ4v) is 2.95. The van der Waals surface area contributed by atoms with E-state index in [-0.39, 0.29) is 23.3 Å². The molecule has 0 spiro atoms. The Labute approximate surface area is 122 Å². The fourth-order valence-electron chi connectivity index (χ4n) is 2.95. The zero-order valence-corrected chi connectivity index (χ0v) is 13.4. The number of ether oxygens (including phenoxy) is 3. The zero-order chi connectivity index (χ0) is 15.0. The van der Waals surface area contributed by atoms with E-state index in [1.807, 2.05) is 6.92 Å². The van der Waals surface area contributed by atoms with Gasteiger partial charge in [-0.2, -0.15) is 0 Å². The number of carbonyl (C=O) groups is 1. The van der Waals surface area contributed by atoms with E-state index >= 15 is 0 Å². The summed E-state index contributed by atoms with van der Waals surface area (Å²) in [5.41, 5.74) is -0.169. The van der Waals surface area contributed by atoms with Crippen LogP contribution < -0.4 is 0 Å². The van der Waals surface area contributed by atoms with Gasteiger partial charge in [-0.05, 0) is 46.0 Å². The van der Waals surface area contributed by atoms with Crippen molar-refractivity contribution >= 4 is 5.97 Å². The number of carbonyl (C=O) groups excluding carboxylic acids is 1. The molecular weight excluding hydrogens is 256 g/mol. The highest BCUT2D eigenvalue weighted by Crippen LogP contribution is 2.42. The van der Waals surface area contributed by atoms with Gasteiger partial charge in [0.15, 0.2) is 6.10 Å². The molecule has 0 bridgehead atoms. The Kier molecular flexibility index (Phi) is 4.45. The SMILES string of the molecule is COC(=O)[C@@H]1O[C@@]1(C)CCC[C@H](C)CC[C@H]1OC1(C)C. The van der Waals surface area contributed by atoms with Crippen LogP contribution in [0.3, 0.4) is 0 Å². The Morgan fingerprint density at radius 3 is 2.45 bits per heavy atom. The predicted octanol–water partition coefficient (Wildman–Crippen LogP) is 3.08. The van der Waals surface area contributed by atoms with Crippen molar-refractivity contribution in [3.8, 4) is 0 Å². The van der Waals surface area contributed by atoms with Gasteiger partial charge >= 0.3 is 5.97 Å². The molecule has 2 rings (SSSR count). The Bertz CT molecular complexity index is 365. The third-order valence-corrected chi connectivity index (χ3v) is 4.76. The molecule has 2 aliphatic rings. The van der Waals surface area contributed by atoms with E-state index in [2.05, 4.69) is 20.8 Å². The molecule has 0 unspecified atom stereocenters. The van der Waals surface area contributed by atoms with Gasteiger partial charge in [-0.3, -0.25) is 0 Å². The van der Waals surface area contributed by atoms with Crippen LogP contribution in [0.4, 0.5) is 0 Å². The maximum absolute atomic E-state index is 11.4. The first-order valence-electron chi connectivity index (χ1n) is 7.72. The molecule has 0 N–H and O–H groups in total. The lowest BCUT2D eigenvalue weighted by Gasteiger charge is -2.12. The average Bonchev–Trinajstić information content (AvgIpc) is 3.22. The lowest BCUT2D eigenvalue weighted by atomic mass is 9.92. The molecule has 4 nitrogen and oxygen atoms in total. The first kappa shape index (κ1) is 15.8. The number of hydrogen-bond acceptors (Lipinski definition) is 4. The topological polar surface area (TPSA) is 51.4 Å². The molecule has 0 amide bonds. The molecule has 0 radical (unpaired) electrons. The number of methoxy groups -OCH3 is 1. The Hall–Kier alpha value is -0.610. The minimum absolute atomic E-state index is 0.114. The minimum atomic E-state index is -0.344. The smallest absolute Gasteiger partial charge is 0.338 e. The summed E-state index contributed by atoms with van der Waals surface area (Å²) in [6.07, 6.45) is 5.70. The second kappa shape index (κ2) is 5.64. The van der Waals surface area contributed by atoms with Crippen LogP contribution in [-0.4, -0.2) is 36.5 Å². The summed E-state index contributed by atoms with van der Waals surface area (Å²) in [5, 5.41) is 0. The molecule has 2 heterocycles. The third kappa shape index (κ3) is 3.73. The molecule has 4 atom stereocenters. The number of hydrogen-bond donors (Lipinski definition) is 0. The van der Waals surface area contributed by atoms with Gasteiger partial charge in [0.1, 0.15) is 5.60 Å². The molecule has 0 aromatic rings. The monoisotopic (exact) mass is 284 g/mol. The molecule has 0 aromatic carbocycles. The summed E-state index contributed by atoms with van der Waals surface area (Å²) in [4.78, 5) is 11.4. The van der Waals surface area contributed by atoms with Crippen LogP contribution in [0.25, 0.3) is 0 Å². The molecule has 2 saturated heterocycles. The van der Waals surface area contributed by atoms with Crippen molar-refractivity contribution in [2.75, 3.05) is 7.11 Å². The summed E-state index contributed by atoms with van der Waals surface area (Å²) in [6, 6.07) is 0. The number of epoxide rings is 2. The van der Waals surface area contributed by atoms with Crippen LogP contribution >= 0.6 is 0 Å². The number of rotatable bonds is 8. The third-order valence-electron chi connectivity index (χ3n) is 4.76. The van der Waals surface area contributed by atoms with Gasteiger partial charge in [0, 0.05) is 0 Å². The zero-order valence-electron chi connectivity index (χ0n) is 13.4. The van der Waals surface area contributed by atoms with Gasteiger partial charge in [-0.1, -0.05) is 19.8 Å². The minimum Gasteiger partial charge on any atom is -0.467 e. The van der Waals surface area contributed by atoms with Crippen LogP contribution in [0.15, 0.2) is 0 Å². The standard InChI is InChI=1S/C16H28O4/c1-11(8-9-12-15(2,3)19-12)7-6-10-16(4)13(20-16)14(17)18-5/h11-13H,6-10H2,1-5H3/t11-,12+,13-,16-/m0/s1. The summed E-state index contributed by atoms with van der Waals surface area (Å²) >= 11 is 0. The highest BCUT2D eigenvalue weighted by molar-refractivity contribution is 5.79. The van der Waals surface area contributed by atoms with Gasteiger partial charge < -0.3 is 14.2 Å². The van der Waals surface area contributed by atoms with E-state index in [0.717, 1.165) is 19.3 Å². The van der Waals surface area contributed by atoms with Gasteiger partial charge in [0.05, 0.1) is 18.8 Å². The highest BCUT2D eigenvalue weighted by atomic mass is 16.6. The Balaban J connectivity index is 1.56. The first-order valence-corrected chi connectivity index (χ1v) is 7.72. The van der Waals surface area contributed by atoms with E-state index in [1.165, 1.54) is 20.0 Å². The van der Waals surface area contributed by atoms with Gasteiger partial charge in [-0.25, -0.2) is 4.79 Å². The van der Waals surface area contributed by atoms with Gasteiger partial charge in [-0.15, -0.1) is 0 Å². The largest absolute Gasteiger partial charge is 0.467 e. The van der Waals surface area contributed by atoms with Crippen molar-refractivity contribution < 1.29 is 19.0 Å². The molecule has 2 aliphatic heterocycles. The molecule has 116 valence electrons. The first-order chi connectivity index (χ1) is 9.28. The Morgan fingerprint density at radius 1 is 1.25 bits per heavy atom. The maximum Gasteiger partial charge on any atom is 0.338 e. The molecule has 0 aromatic heterocycles. The van der Waals surface area contributed by atoms with Crippen molar-refractivity contribution in [1.82, 2.24) is 0 Å². The van der Waals surface area contributed by atoms with Crippen LogP contribution in [0, 0.1) is 5.92 Å². The van der Waals surface area contributed by atoms with Crippen LogP contribution in [0.1, 0.15) is 59.8 Å². The van der Waals surface area contributed by atoms with Crippen molar-refractivity contribution in [2.45, 2.75) is 83.2 Å². The quantitative estimate of drug-likeness (QED) is 0.508. The van der Waals surface area contributed by atoms with Crippen LogP contribution in [0.2, 0.25) is 0 Å². The number of esters is 1. The van der Waals surface area contributed by atoms with Crippen molar-refractivity contribution in [3.63, 3.8) is 0 Å². The second-order valence-corrected chi connectivity index (χ2v) is 7.12. The van der Waals surface area contributed by atoms with E-state index in [1.54, 1.807) is 0 Å². The summed E-state index contributed by atoms with van der Waals surface area (Å²) in [6.45, 7) is 8.60. The summed E-state index contributed by atoms with van der Waals surface area (Å²) < 4.78 is 15.8. The van der Waals surface area contributed by atoms with E-state index in [9.17, 15) is 4.79 Å².